The third-order valence-electron chi connectivity index (χ3n) is 4.04. The monoisotopic (exact) mass is 294 g/mol. The Labute approximate surface area is 129 Å². The molecular weight excluding hydrogens is 263 g/mol. The molecular formula is C19H31FO. The van der Waals surface area contributed by atoms with Crippen LogP contribution in [0.25, 0.3) is 0 Å². The van der Waals surface area contributed by atoms with Crippen LogP contribution in [0, 0.1) is 5.82 Å². The van der Waals surface area contributed by atoms with Crippen molar-refractivity contribution in [3.63, 3.8) is 0 Å². The first-order valence-corrected chi connectivity index (χ1v) is 8.68. The topological polar surface area (TPSA) is 20.2 Å². The Morgan fingerprint density at radius 2 is 1.05 bits per heavy atom. The molecule has 0 heterocycles. The summed E-state index contributed by atoms with van der Waals surface area (Å²) >= 11 is 0. The van der Waals surface area contributed by atoms with Gasteiger partial charge in [0.05, 0.1) is 0 Å². The van der Waals surface area contributed by atoms with E-state index in [1.54, 1.807) is 12.1 Å². The highest BCUT2D eigenvalue weighted by molar-refractivity contribution is 5.15. The predicted molar refractivity (Wildman–Crippen MR) is 88.0 cm³/mol. The van der Waals surface area contributed by atoms with Crippen molar-refractivity contribution in [2.45, 2.75) is 77.0 Å². The van der Waals surface area contributed by atoms with E-state index >= 15 is 0 Å². The Bertz CT molecular complexity index is 334. The lowest BCUT2D eigenvalue weighted by atomic mass is 10.0. The van der Waals surface area contributed by atoms with Gasteiger partial charge in [0, 0.05) is 6.61 Å². The van der Waals surface area contributed by atoms with Gasteiger partial charge in [0.2, 0.25) is 0 Å². The quantitative estimate of drug-likeness (QED) is 0.466. The van der Waals surface area contributed by atoms with Crippen LogP contribution < -0.4 is 0 Å². The minimum Gasteiger partial charge on any atom is -0.396 e. The van der Waals surface area contributed by atoms with Crippen molar-refractivity contribution in [1.29, 1.82) is 0 Å². The molecule has 1 aromatic rings. The van der Waals surface area contributed by atoms with Gasteiger partial charge in [0.15, 0.2) is 0 Å². The standard InChI is InChI=1S/C19H31FO/c20-19-15-13-18(14-16-19)12-10-8-6-4-2-1-3-5-7-9-11-17-21/h13-16,21H,1-12,17H2. The minimum absolute atomic E-state index is 0.143. The molecule has 2 heteroatoms. The Balaban J connectivity index is 1.81. The van der Waals surface area contributed by atoms with E-state index in [1.165, 1.54) is 69.8 Å². The van der Waals surface area contributed by atoms with Crippen molar-refractivity contribution in [3.05, 3.63) is 35.6 Å². The van der Waals surface area contributed by atoms with E-state index in [2.05, 4.69) is 0 Å². The summed E-state index contributed by atoms with van der Waals surface area (Å²) in [4.78, 5) is 0. The van der Waals surface area contributed by atoms with Crippen LogP contribution in [0.15, 0.2) is 24.3 Å². The number of aliphatic hydroxyl groups excluding tert-OH is 1. The van der Waals surface area contributed by atoms with E-state index < -0.39 is 0 Å². The van der Waals surface area contributed by atoms with E-state index in [-0.39, 0.29) is 5.82 Å². The third-order valence-corrected chi connectivity index (χ3v) is 4.04. The number of hydrogen-bond acceptors (Lipinski definition) is 1. The number of unbranched alkanes of at least 4 members (excludes halogenated alkanes) is 10. The van der Waals surface area contributed by atoms with Gasteiger partial charge in [-0.3, -0.25) is 0 Å². The lowest BCUT2D eigenvalue weighted by Crippen LogP contribution is -1.87. The van der Waals surface area contributed by atoms with Crippen LogP contribution >= 0.6 is 0 Å². The van der Waals surface area contributed by atoms with Crippen molar-refractivity contribution >= 4 is 0 Å². The van der Waals surface area contributed by atoms with Crippen LogP contribution in [-0.4, -0.2) is 11.7 Å². The molecule has 21 heavy (non-hydrogen) atoms. The number of halogens is 1. The van der Waals surface area contributed by atoms with Gasteiger partial charge in [-0.1, -0.05) is 69.9 Å². The average molecular weight is 294 g/mol. The molecule has 0 aliphatic heterocycles. The van der Waals surface area contributed by atoms with Gasteiger partial charge in [-0.25, -0.2) is 4.39 Å². The molecule has 0 fully saturated rings. The molecule has 0 saturated heterocycles. The zero-order chi connectivity index (χ0) is 15.2. The molecule has 0 spiro atoms. The number of hydrogen-bond donors (Lipinski definition) is 1. The highest BCUT2D eigenvalue weighted by Gasteiger charge is 1.96. The SMILES string of the molecule is OCCCCCCCCCCCCCc1ccc(F)cc1. The molecule has 0 aromatic heterocycles. The summed E-state index contributed by atoms with van der Waals surface area (Å²) < 4.78 is 12.8. The van der Waals surface area contributed by atoms with Gasteiger partial charge in [-0.05, 0) is 37.0 Å². The molecule has 0 unspecified atom stereocenters. The van der Waals surface area contributed by atoms with E-state index in [9.17, 15) is 4.39 Å². The van der Waals surface area contributed by atoms with Crippen molar-refractivity contribution in [2.75, 3.05) is 6.61 Å². The Kier molecular flexibility index (Phi) is 11.1. The number of rotatable bonds is 13. The molecule has 1 aromatic carbocycles. The van der Waals surface area contributed by atoms with E-state index in [1.807, 2.05) is 12.1 Å². The van der Waals surface area contributed by atoms with Gasteiger partial charge in [-0.2, -0.15) is 0 Å². The van der Waals surface area contributed by atoms with Gasteiger partial charge < -0.3 is 5.11 Å². The lowest BCUT2D eigenvalue weighted by Gasteiger charge is -2.03. The fourth-order valence-electron chi connectivity index (χ4n) is 2.68. The van der Waals surface area contributed by atoms with Crippen LogP contribution in [0.5, 0.6) is 0 Å². The van der Waals surface area contributed by atoms with Crippen LogP contribution in [0.3, 0.4) is 0 Å². The predicted octanol–water partition coefficient (Wildman–Crippen LogP) is 5.65. The Morgan fingerprint density at radius 3 is 1.52 bits per heavy atom. The lowest BCUT2D eigenvalue weighted by molar-refractivity contribution is 0.282. The number of aliphatic hydroxyl groups is 1. The maximum absolute atomic E-state index is 12.8. The molecule has 0 aliphatic rings. The third kappa shape index (κ3) is 10.5. The number of benzene rings is 1. The summed E-state index contributed by atoms with van der Waals surface area (Å²) in [6.07, 6.45) is 15.1. The van der Waals surface area contributed by atoms with Gasteiger partial charge in [0.1, 0.15) is 5.82 Å². The molecule has 0 saturated carbocycles. The highest BCUT2D eigenvalue weighted by Crippen LogP contribution is 2.13. The molecule has 0 bridgehead atoms. The molecule has 0 aliphatic carbocycles. The van der Waals surface area contributed by atoms with E-state index in [0.29, 0.717) is 6.61 Å². The van der Waals surface area contributed by atoms with Gasteiger partial charge in [0.25, 0.3) is 0 Å². The smallest absolute Gasteiger partial charge is 0.123 e. The molecule has 0 radical (unpaired) electrons. The second-order valence-electron chi connectivity index (χ2n) is 5.99. The maximum atomic E-state index is 12.8. The summed E-state index contributed by atoms with van der Waals surface area (Å²) in [6.45, 7) is 0.345. The summed E-state index contributed by atoms with van der Waals surface area (Å²) in [7, 11) is 0. The first kappa shape index (κ1) is 18.2. The fraction of sp³-hybridized carbons (Fsp3) is 0.684. The fourth-order valence-corrected chi connectivity index (χ4v) is 2.68. The second kappa shape index (κ2) is 12.8. The molecule has 1 rings (SSSR count). The first-order valence-electron chi connectivity index (χ1n) is 8.68. The zero-order valence-electron chi connectivity index (χ0n) is 13.3. The summed E-state index contributed by atoms with van der Waals surface area (Å²) in [6, 6.07) is 6.89. The summed E-state index contributed by atoms with van der Waals surface area (Å²) in [5.74, 6) is -0.143. The first-order chi connectivity index (χ1) is 10.3. The van der Waals surface area contributed by atoms with Crippen molar-refractivity contribution in [2.24, 2.45) is 0 Å². The zero-order valence-corrected chi connectivity index (χ0v) is 13.3. The highest BCUT2D eigenvalue weighted by atomic mass is 19.1. The maximum Gasteiger partial charge on any atom is 0.123 e. The number of aryl methyl sites for hydroxylation is 1. The summed E-state index contributed by atoms with van der Waals surface area (Å²) in [5.41, 5.74) is 1.25. The second-order valence-corrected chi connectivity index (χ2v) is 5.99. The molecule has 0 amide bonds. The van der Waals surface area contributed by atoms with Crippen LogP contribution in [0.2, 0.25) is 0 Å². The van der Waals surface area contributed by atoms with Crippen molar-refractivity contribution in [1.82, 2.24) is 0 Å². The normalized spacial score (nSPS) is 11.0. The molecule has 120 valence electrons. The average Bonchev–Trinajstić information content (AvgIpc) is 2.50. The van der Waals surface area contributed by atoms with E-state index in [0.717, 1.165) is 12.8 Å². The minimum atomic E-state index is -0.143. The van der Waals surface area contributed by atoms with Crippen molar-refractivity contribution < 1.29 is 9.50 Å². The summed E-state index contributed by atoms with van der Waals surface area (Å²) in [5, 5.41) is 8.68. The van der Waals surface area contributed by atoms with Gasteiger partial charge in [-0.15, -0.1) is 0 Å². The van der Waals surface area contributed by atoms with Crippen LogP contribution in [0.4, 0.5) is 4.39 Å². The Morgan fingerprint density at radius 1 is 0.619 bits per heavy atom. The van der Waals surface area contributed by atoms with Crippen LogP contribution in [-0.2, 0) is 6.42 Å². The van der Waals surface area contributed by atoms with Crippen molar-refractivity contribution in [3.8, 4) is 0 Å². The molecule has 1 nitrogen and oxygen atoms in total. The molecule has 0 atom stereocenters. The van der Waals surface area contributed by atoms with Gasteiger partial charge >= 0.3 is 0 Å². The molecule has 1 N–H and O–H groups in total. The Hall–Kier alpha value is -0.890. The van der Waals surface area contributed by atoms with Crippen LogP contribution in [0.1, 0.15) is 76.2 Å². The largest absolute Gasteiger partial charge is 0.396 e. The van der Waals surface area contributed by atoms with E-state index in [4.69, 9.17) is 5.11 Å².